The Kier molecular flexibility index (Phi) is 7.60. The minimum absolute atomic E-state index is 0.0142. The molecule has 1 aliphatic rings. The number of aryl methyl sites for hydroxylation is 2. The van der Waals surface area contributed by atoms with Crippen LogP contribution in [0.4, 0.5) is 13.2 Å². The molecular formula is C23H24F3N3OS. The maximum absolute atomic E-state index is 13.9. The van der Waals surface area contributed by atoms with Crippen LogP contribution in [0.15, 0.2) is 29.3 Å². The summed E-state index contributed by atoms with van der Waals surface area (Å²) in [5.41, 5.74) is 1.26. The van der Waals surface area contributed by atoms with Crippen LogP contribution in [0.2, 0.25) is 0 Å². The number of amides is 1. The average molecular weight is 448 g/mol. The second kappa shape index (κ2) is 10.2. The number of fused-ring (bicyclic) bond motifs is 1. The largest absolute Gasteiger partial charge is 0.418 e. The standard InChI is InChI=1S/C23H24F3N3OS/c1-15-8-10-16(11-9-15)13-28-20(30)14-31-22-18(12-27)21(23(24,25)26)17-6-4-2-3-5-7-19(17)29-22/h8-11H,2-7,13-14H2,1H3,(H,28,30). The smallest absolute Gasteiger partial charge is 0.351 e. The number of nitrogens with zero attached hydrogens (tertiary/aromatic N) is 2. The molecule has 0 saturated carbocycles. The van der Waals surface area contributed by atoms with E-state index in [0.29, 0.717) is 25.1 Å². The molecule has 31 heavy (non-hydrogen) atoms. The summed E-state index contributed by atoms with van der Waals surface area (Å²) >= 11 is 0.887. The van der Waals surface area contributed by atoms with Crippen LogP contribution in [0.1, 0.15) is 59.2 Å². The van der Waals surface area contributed by atoms with Crippen LogP contribution in [0.5, 0.6) is 0 Å². The van der Waals surface area contributed by atoms with E-state index < -0.39 is 17.3 Å². The Morgan fingerprint density at radius 1 is 1.16 bits per heavy atom. The maximum Gasteiger partial charge on any atom is 0.418 e. The lowest BCUT2D eigenvalue weighted by Gasteiger charge is -2.21. The van der Waals surface area contributed by atoms with E-state index in [1.54, 1.807) is 6.07 Å². The van der Waals surface area contributed by atoms with Crippen LogP contribution in [0.3, 0.4) is 0 Å². The summed E-state index contributed by atoms with van der Waals surface area (Å²) in [6, 6.07) is 9.40. The molecule has 1 aromatic carbocycles. The maximum atomic E-state index is 13.9. The van der Waals surface area contributed by atoms with E-state index in [4.69, 9.17) is 0 Å². The van der Waals surface area contributed by atoms with Crippen molar-refractivity contribution < 1.29 is 18.0 Å². The second-order valence-corrected chi connectivity index (χ2v) is 8.63. The number of carbonyl (C=O) groups is 1. The van der Waals surface area contributed by atoms with Gasteiger partial charge in [0.2, 0.25) is 5.91 Å². The molecule has 0 radical (unpaired) electrons. The molecule has 4 nitrogen and oxygen atoms in total. The number of benzene rings is 1. The molecule has 0 aliphatic heterocycles. The van der Waals surface area contributed by atoms with Crippen LogP contribution in [-0.4, -0.2) is 16.6 Å². The van der Waals surface area contributed by atoms with Gasteiger partial charge in [-0.05, 0) is 43.7 Å². The monoisotopic (exact) mass is 447 g/mol. The Morgan fingerprint density at radius 2 is 1.84 bits per heavy atom. The number of pyridine rings is 1. The van der Waals surface area contributed by atoms with Gasteiger partial charge in [0.05, 0.1) is 16.9 Å². The van der Waals surface area contributed by atoms with Crippen LogP contribution in [0, 0.1) is 18.3 Å². The van der Waals surface area contributed by atoms with Gasteiger partial charge in [-0.1, -0.05) is 54.4 Å². The summed E-state index contributed by atoms with van der Waals surface area (Å²) in [7, 11) is 0. The summed E-state index contributed by atoms with van der Waals surface area (Å²) in [6.45, 7) is 2.30. The molecule has 1 amide bonds. The van der Waals surface area contributed by atoms with Gasteiger partial charge in [-0.25, -0.2) is 4.98 Å². The molecule has 1 aromatic heterocycles. The number of carbonyl (C=O) groups excluding carboxylic acids is 1. The number of halogens is 3. The van der Waals surface area contributed by atoms with Crippen molar-refractivity contribution in [3.05, 3.63) is 57.8 Å². The van der Waals surface area contributed by atoms with E-state index in [0.717, 1.165) is 42.2 Å². The lowest BCUT2D eigenvalue weighted by Crippen LogP contribution is -2.25. The number of thioether (sulfide) groups is 1. The molecule has 1 heterocycles. The number of rotatable bonds is 5. The predicted octanol–water partition coefficient (Wildman–Crippen LogP) is 5.35. The number of hydrogen-bond donors (Lipinski definition) is 1. The summed E-state index contributed by atoms with van der Waals surface area (Å²) in [6.07, 6.45) is -0.672. The first-order chi connectivity index (χ1) is 14.8. The van der Waals surface area contributed by atoms with Gasteiger partial charge in [0.25, 0.3) is 0 Å². The molecule has 0 saturated heterocycles. The van der Waals surface area contributed by atoms with Gasteiger partial charge in [-0.3, -0.25) is 4.79 Å². The van der Waals surface area contributed by atoms with E-state index in [1.165, 1.54) is 0 Å². The van der Waals surface area contributed by atoms with Gasteiger partial charge in [0, 0.05) is 12.2 Å². The minimum atomic E-state index is -4.64. The van der Waals surface area contributed by atoms with Gasteiger partial charge >= 0.3 is 6.18 Å². The lowest BCUT2D eigenvalue weighted by molar-refractivity contribution is -0.138. The number of aromatic nitrogens is 1. The highest BCUT2D eigenvalue weighted by atomic mass is 32.2. The van der Waals surface area contributed by atoms with Crippen molar-refractivity contribution in [1.82, 2.24) is 10.3 Å². The summed E-state index contributed by atoms with van der Waals surface area (Å²) in [4.78, 5) is 16.7. The highest BCUT2D eigenvalue weighted by Crippen LogP contribution is 2.40. The van der Waals surface area contributed by atoms with Crippen LogP contribution in [0.25, 0.3) is 0 Å². The molecule has 8 heteroatoms. The predicted molar refractivity (Wildman–Crippen MR) is 114 cm³/mol. The Bertz CT molecular complexity index is 982. The Balaban J connectivity index is 1.80. The van der Waals surface area contributed by atoms with Crippen molar-refractivity contribution in [2.24, 2.45) is 0 Å². The van der Waals surface area contributed by atoms with Gasteiger partial charge in [-0.15, -0.1) is 0 Å². The number of nitrogens with one attached hydrogen (secondary N) is 1. The quantitative estimate of drug-likeness (QED) is 0.628. The SMILES string of the molecule is Cc1ccc(CNC(=O)CSc2nc3c(c(C(F)(F)F)c2C#N)CCCCCC3)cc1. The topological polar surface area (TPSA) is 65.8 Å². The first-order valence-corrected chi connectivity index (χ1v) is 11.3. The fraction of sp³-hybridized carbons (Fsp3) is 0.435. The van der Waals surface area contributed by atoms with E-state index in [9.17, 15) is 23.2 Å². The molecule has 0 atom stereocenters. The first kappa shape index (κ1) is 23.1. The number of alkyl halides is 3. The minimum Gasteiger partial charge on any atom is -0.351 e. The van der Waals surface area contributed by atoms with Crippen LogP contribution >= 0.6 is 11.8 Å². The Hall–Kier alpha value is -2.53. The van der Waals surface area contributed by atoms with Crippen molar-refractivity contribution in [1.29, 1.82) is 5.26 Å². The third-order valence-corrected chi connectivity index (χ3v) is 6.26. The van der Waals surface area contributed by atoms with Crippen molar-refractivity contribution >= 4 is 17.7 Å². The molecule has 1 aliphatic carbocycles. The average Bonchev–Trinajstić information content (AvgIpc) is 2.71. The van der Waals surface area contributed by atoms with Crippen molar-refractivity contribution in [2.75, 3.05) is 5.75 Å². The summed E-state index contributed by atoms with van der Waals surface area (Å²) in [5, 5.41) is 12.3. The molecule has 164 valence electrons. The summed E-state index contributed by atoms with van der Waals surface area (Å²) in [5.74, 6) is -0.430. The zero-order valence-electron chi connectivity index (χ0n) is 17.3. The van der Waals surface area contributed by atoms with Crippen molar-refractivity contribution in [3.8, 4) is 6.07 Å². The van der Waals surface area contributed by atoms with E-state index in [1.807, 2.05) is 31.2 Å². The lowest BCUT2D eigenvalue weighted by atomic mass is 9.91. The Labute approximate surface area is 184 Å². The van der Waals surface area contributed by atoms with E-state index >= 15 is 0 Å². The zero-order valence-corrected chi connectivity index (χ0v) is 18.1. The highest BCUT2D eigenvalue weighted by molar-refractivity contribution is 8.00. The normalized spacial score (nSPS) is 14.2. The third-order valence-electron chi connectivity index (χ3n) is 5.29. The molecule has 0 spiro atoms. The summed E-state index contributed by atoms with van der Waals surface area (Å²) < 4.78 is 41.7. The van der Waals surface area contributed by atoms with E-state index in [2.05, 4.69) is 10.3 Å². The molecular weight excluding hydrogens is 423 g/mol. The molecule has 3 rings (SSSR count). The van der Waals surface area contributed by atoms with Gasteiger partial charge in [-0.2, -0.15) is 18.4 Å². The molecule has 2 aromatic rings. The van der Waals surface area contributed by atoms with Gasteiger partial charge in [0.1, 0.15) is 11.1 Å². The van der Waals surface area contributed by atoms with Crippen LogP contribution in [-0.2, 0) is 30.4 Å². The second-order valence-electron chi connectivity index (χ2n) is 7.67. The molecule has 0 unspecified atom stereocenters. The molecule has 0 bridgehead atoms. The van der Waals surface area contributed by atoms with Crippen molar-refractivity contribution in [2.45, 2.75) is 63.2 Å². The first-order valence-electron chi connectivity index (χ1n) is 10.3. The highest BCUT2D eigenvalue weighted by Gasteiger charge is 2.39. The fourth-order valence-electron chi connectivity index (χ4n) is 3.68. The zero-order chi connectivity index (χ0) is 22.4. The Morgan fingerprint density at radius 3 is 2.48 bits per heavy atom. The van der Waals surface area contributed by atoms with Gasteiger partial charge in [0.15, 0.2) is 0 Å². The number of nitriles is 1. The van der Waals surface area contributed by atoms with Crippen molar-refractivity contribution in [3.63, 3.8) is 0 Å². The third kappa shape index (κ3) is 6.01. The molecule has 1 N–H and O–H groups in total. The molecule has 0 fully saturated rings. The van der Waals surface area contributed by atoms with Gasteiger partial charge < -0.3 is 5.32 Å². The van der Waals surface area contributed by atoms with E-state index in [-0.39, 0.29) is 28.7 Å². The fourth-order valence-corrected chi connectivity index (χ4v) is 4.52. The number of hydrogen-bond acceptors (Lipinski definition) is 4. The van der Waals surface area contributed by atoms with Crippen LogP contribution < -0.4 is 5.32 Å².